The first kappa shape index (κ1) is 20.1. The van der Waals surface area contributed by atoms with Gasteiger partial charge in [-0.3, -0.25) is 10.1 Å². The summed E-state index contributed by atoms with van der Waals surface area (Å²) in [6.45, 7) is 3.18. The lowest BCUT2D eigenvalue weighted by Gasteiger charge is -2.29. The van der Waals surface area contributed by atoms with Gasteiger partial charge in [0.2, 0.25) is 10.0 Å². The number of nitro groups is 1. The average Bonchev–Trinajstić information content (AvgIpc) is 3.17. The number of hydrogen-bond donors (Lipinski definition) is 2. The van der Waals surface area contributed by atoms with Crippen molar-refractivity contribution >= 4 is 37.9 Å². The minimum Gasteiger partial charge on any atom is -0.366 e. The number of H-pyrrole nitrogens is 1. The molecule has 0 unspecified atom stereocenters. The molecule has 9 heteroatoms. The van der Waals surface area contributed by atoms with Crippen molar-refractivity contribution in [2.45, 2.75) is 24.7 Å². The summed E-state index contributed by atoms with van der Waals surface area (Å²) in [7, 11) is -4.10. The molecule has 3 N–H and O–H groups in total. The number of aromatic nitrogens is 1. The zero-order valence-electron chi connectivity index (χ0n) is 16.5. The van der Waals surface area contributed by atoms with Gasteiger partial charge in [-0.25, -0.2) is 13.6 Å². The standard InChI is InChI=1S/C21H22N4O4S/c1-2-14-4-3-5-17-18(13-23-21(14)17)15-8-10-24(11-9-15)19-7-6-16(25(26)27)12-20(19)30(22,28)29/h3-8,12-13,23H,2,9-11H2,1H3,(H2,22,28,29). The first-order valence-electron chi connectivity index (χ1n) is 9.64. The predicted molar refractivity (Wildman–Crippen MR) is 117 cm³/mol. The molecule has 3 aromatic rings. The Morgan fingerprint density at radius 3 is 2.70 bits per heavy atom. The molecular formula is C21H22N4O4S. The second kappa shape index (κ2) is 7.58. The Labute approximate surface area is 174 Å². The molecule has 0 atom stereocenters. The number of nitrogens with two attached hydrogens (primary N) is 1. The van der Waals surface area contributed by atoms with Crippen molar-refractivity contribution in [2.24, 2.45) is 5.14 Å². The van der Waals surface area contributed by atoms with E-state index in [1.54, 1.807) is 0 Å². The van der Waals surface area contributed by atoms with E-state index in [0.29, 0.717) is 25.2 Å². The number of anilines is 1. The summed E-state index contributed by atoms with van der Waals surface area (Å²) in [5.74, 6) is 0. The number of para-hydroxylation sites is 1. The third-order valence-corrected chi connectivity index (χ3v) is 6.48. The minimum atomic E-state index is -4.10. The minimum absolute atomic E-state index is 0.228. The number of hydrogen-bond acceptors (Lipinski definition) is 5. The van der Waals surface area contributed by atoms with E-state index in [4.69, 9.17) is 5.14 Å². The maximum absolute atomic E-state index is 12.0. The summed E-state index contributed by atoms with van der Waals surface area (Å²) < 4.78 is 24.1. The SMILES string of the molecule is CCc1cccc2c(C3=CCN(c4ccc([N+](=O)[O-])cc4S(N)(=O)=O)CC3)c[nH]c12. The van der Waals surface area contributed by atoms with Crippen LogP contribution < -0.4 is 10.0 Å². The fraction of sp³-hybridized carbons (Fsp3) is 0.238. The molecule has 0 bridgehead atoms. The van der Waals surface area contributed by atoms with E-state index in [-0.39, 0.29) is 10.6 Å². The maximum atomic E-state index is 12.0. The van der Waals surface area contributed by atoms with Crippen LogP contribution in [0.3, 0.4) is 0 Å². The van der Waals surface area contributed by atoms with Crippen molar-refractivity contribution in [3.05, 3.63) is 69.9 Å². The molecule has 156 valence electrons. The van der Waals surface area contributed by atoms with Crippen LogP contribution >= 0.6 is 0 Å². The highest BCUT2D eigenvalue weighted by atomic mass is 32.2. The number of nitro benzene ring substituents is 1. The molecule has 0 saturated heterocycles. The van der Waals surface area contributed by atoms with E-state index in [2.05, 4.69) is 36.2 Å². The Hall–Kier alpha value is -3.17. The van der Waals surface area contributed by atoms with Crippen molar-refractivity contribution in [1.29, 1.82) is 0 Å². The zero-order chi connectivity index (χ0) is 21.5. The summed E-state index contributed by atoms with van der Waals surface area (Å²) >= 11 is 0. The van der Waals surface area contributed by atoms with E-state index in [1.165, 1.54) is 28.7 Å². The van der Waals surface area contributed by atoms with Crippen LogP contribution in [0.25, 0.3) is 16.5 Å². The lowest BCUT2D eigenvalue weighted by Crippen LogP contribution is -2.30. The summed E-state index contributed by atoms with van der Waals surface area (Å²) in [5, 5.41) is 17.5. The van der Waals surface area contributed by atoms with Gasteiger partial charge in [-0.15, -0.1) is 0 Å². The Morgan fingerprint density at radius 2 is 2.07 bits per heavy atom. The molecule has 0 spiro atoms. The second-order valence-corrected chi connectivity index (χ2v) is 8.80. The van der Waals surface area contributed by atoms with E-state index in [9.17, 15) is 18.5 Å². The number of non-ortho nitro benzene ring substituents is 1. The highest BCUT2D eigenvalue weighted by Gasteiger charge is 2.24. The van der Waals surface area contributed by atoms with Gasteiger partial charge >= 0.3 is 0 Å². The van der Waals surface area contributed by atoms with Crippen LogP contribution in [0.2, 0.25) is 0 Å². The fourth-order valence-corrected chi connectivity index (χ4v) is 4.79. The molecule has 1 aliphatic rings. The summed E-state index contributed by atoms with van der Waals surface area (Å²) in [4.78, 5) is 15.4. The Bertz CT molecular complexity index is 1280. The van der Waals surface area contributed by atoms with Crippen LogP contribution in [0.4, 0.5) is 11.4 Å². The number of benzene rings is 2. The largest absolute Gasteiger partial charge is 0.366 e. The Kier molecular flexibility index (Phi) is 5.08. The van der Waals surface area contributed by atoms with Gasteiger partial charge in [0.15, 0.2) is 0 Å². The van der Waals surface area contributed by atoms with Crippen LogP contribution in [0.1, 0.15) is 24.5 Å². The molecule has 4 rings (SSSR count). The van der Waals surface area contributed by atoms with E-state index in [0.717, 1.165) is 23.6 Å². The Morgan fingerprint density at radius 1 is 1.27 bits per heavy atom. The van der Waals surface area contributed by atoms with Gasteiger partial charge in [-0.05, 0) is 30.0 Å². The van der Waals surface area contributed by atoms with Gasteiger partial charge in [0.1, 0.15) is 4.90 Å². The van der Waals surface area contributed by atoms with E-state index < -0.39 is 14.9 Å². The van der Waals surface area contributed by atoms with E-state index >= 15 is 0 Å². The number of nitrogens with zero attached hydrogens (tertiary/aromatic N) is 2. The van der Waals surface area contributed by atoms with Crippen molar-refractivity contribution in [1.82, 2.24) is 4.98 Å². The van der Waals surface area contributed by atoms with E-state index in [1.807, 2.05) is 11.1 Å². The molecule has 0 fully saturated rings. The lowest BCUT2D eigenvalue weighted by atomic mass is 9.97. The monoisotopic (exact) mass is 426 g/mol. The number of nitrogens with one attached hydrogen (secondary N) is 1. The van der Waals surface area contributed by atoms with Crippen molar-refractivity contribution < 1.29 is 13.3 Å². The normalized spacial score (nSPS) is 14.7. The number of aromatic amines is 1. The fourth-order valence-electron chi connectivity index (χ4n) is 4.02. The van der Waals surface area contributed by atoms with Gasteiger partial charge in [-0.2, -0.15) is 0 Å². The third kappa shape index (κ3) is 3.57. The highest BCUT2D eigenvalue weighted by molar-refractivity contribution is 7.89. The number of sulfonamides is 1. The first-order valence-corrected chi connectivity index (χ1v) is 11.2. The Balaban J connectivity index is 1.67. The van der Waals surface area contributed by atoms with Gasteiger partial charge in [-0.1, -0.05) is 31.2 Å². The molecule has 8 nitrogen and oxygen atoms in total. The summed E-state index contributed by atoms with van der Waals surface area (Å²) in [6, 6.07) is 10.1. The van der Waals surface area contributed by atoms with Crippen LogP contribution in [0.5, 0.6) is 0 Å². The van der Waals surface area contributed by atoms with Crippen molar-refractivity contribution in [3.63, 3.8) is 0 Å². The van der Waals surface area contributed by atoms with Gasteiger partial charge < -0.3 is 9.88 Å². The lowest BCUT2D eigenvalue weighted by molar-refractivity contribution is -0.385. The summed E-state index contributed by atoms with van der Waals surface area (Å²) in [5.41, 5.74) is 4.82. The number of aryl methyl sites for hydroxylation is 1. The highest BCUT2D eigenvalue weighted by Crippen LogP contribution is 2.34. The van der Waals surface area contributed by atoms with Crippen molar-refractivity contribution in [3.8, 4) is 0 Å². The number of fused-ring (bicyclic) bond motifs is 1. The molecular weight excluding hydrogens is 404 g/mol. The molecule has 0 amide bonds. The number of rotatable bonds is 5. The zero-order valence-corrected chi connectivity index (χ0v) is 17.3. The molecule has 2 aromatic carbocycles. The molecule has 0 saturated carbocycles. The topological polar surface area (TPSA) is 122 Å². The molecule has 30 heavy (non-hydrogen) atoms. The molecule has 1 aliphatic heterocycles. The third-order valence-electron chi connectivity index (χ3n) is 5.54. The van der Waals surface area contributed by atoms with Crippen LogP contribution in [0, 0.1) is 10.1 Å². The molecule has 2 heterocycles. The molecule has 0 aliphatic carbocycles. The van der Waals surface area contributed by atoms with Gasteiger partial charge in [0, 0.05) is 47.9 Å². The van der Waals surface area contributed by atoms with Crippen LogP contribution in [-0.4, -0.2) is 31.4 Å². The van der Waals surface area contributed by atoms with Gasteiger partial charge in [0.25, 0.3) is 5.69 Å². The van der Waals surface area contributed by atoms with Crippen LogP contribution in [-0.2, 0) is 16.4 Å². The van der Waals surface area contributed by atoms with Crippen molar-refractivity contribution in [2.75, 3.05) is 18.0 Å². The number of primary sulfonamides is 1. The maximum Gasteiger partial charge on any atom is 0.270 e. The van der Waals surface area contributed by atoms with Crippen LogP contribution in [0.15, 0.2) is 53.6 Å². The van der Waals surface area contributed by atoms with Gasteiger partial charge in [0.05, 0.1) is 10.6 Å². The smallest absolute Gasteiger partial charge is 0.270 e. The molecule has 0 radical (unpaired) electrons. The predicted octanol–water partition coefficient (Wildman–Crippen LogP) is 3.58. The summed E-state index contributed by atoms with van der Waals surface area (Å²) in [6.07, 6.45) is 5.75. The average molecular weight is 426 g/mol. The second-order valence-electron chi connectivity index (χ2n) is 7.28. The molecule has 1 aromatic heterocycles. The quantitative estimate of drug-likeness (QED) is 0.477. The first-order chi connectivity index (χ1) is 14.3.